The molecule has 0 aliphatic rings. The second-order valence-corrected chi connectivity index (χ2v) is 3.15. The van der Waals surface area contributed by atoms with Crippen molar-refractivity contribution in [2.24, 2.45) is 0 Å². The van der Waals surface area contributed by atoms with Crippen LogP contribution in [0, 0.1) is 0 Å². The Morgan fingerprint density at radius 2 is 2.29 bits per heavy atom. The number of aromatic nitrogens is 3. The number of H-pyrrole nitrogens is 1. The molecule has 17 heavy (non-hydrogen) atoms. The predicted molar refractivity (Wildman–Crippen MR) is 50.1 cm³/mol. The quantitative estimate of drug-likeness (QED) is 0.767. The highest BCUT2D eigenvalue weighted by Gasteiger charge is 2.29. The second-order valence-electron chi connectivity index (χ2n) is 3.15. The zero-order chi connectivity index (χ0) is 12.7. The van der Waals surface area contributed by atoms with Gasteiger partial charge in [0.05, 0.1) is 0 Å². The average molecular weight is 252 g/mol. The van der Waals surface area contributed by atoms with Crippen molar-refractivity contribution in [2.75, 3.05) is 13.2 Å². The van der Waals surface area contributed by atoms with Crippen molar-refractivity contribution < 1.29 is 22.7 Å². The Bertz CT molecular complexity index is 339. The molecule has 96 valence electrons. The number of hydrogen-bond acceptors (Lipinski definition) is 4. The molecule has 0 saturated heterocycles. The molecule has 0 radical (unpaired) electrons. The molecule has 2 N–H and O–H groups in total. The van der Waals surface area contributed by atoms with Crippen LogP contribution in [0.25, 0.3) is 0 Å². The summed E-state index contributed by atoms with van der Waals surface area (Å²) in [5.74, 6) is 0.649. The number of amides is 1. The first-order valence-electron chi connectivity index (χ1n) is 4.79. The molecule has 0 aliphatic carbocycles. The minimum Gasteiger partial charge on any atom is -0.440 e. The number of alkyl carbamates (subject to hydrolysis) is 1. The summed E-state index contributed by atoms with van der Waals surface area (Å²) in [5.41, 5.74) is 0. The molecule has 0 spiro atoms. The van der Waals surface area contributed by atoms with Gasteiger partial charge >= 0.3 is 12.3 Å². The molecule has 1 rings (SSSR count). The van der Waals surface area contributed by atoms with Crippen LogP contribution in [0.3, 0.4) is 0 Å². The van der Waals surface area contributed by atoms with E-state index in [0.29, 0.717) is 18.7 Å². The minimum atomic E-state index is -4.50. The van der Waals surface area contributed by atoms with E-state index in [4.69, 9.17) is 0 Å². The Labute approximate surface area is 94.6 Å². The molecule has 0 aliphatic heterocycles. The minimum absolute atomic E-state index is 0.206. The van der Waals surface area contributed by atoms with Gasteiger partial charge in [0.15, 0.2) is 6.61 Å². The average Bonchev–Trinajstić information content (AvgIpc) is 2.73. The van der Waals surface area contributed by atoms with Gasteiger partial charge in [0.2, 0.25) is 0 Å². The van der Waals surface area contributed by atoms with Crippen molar-refractivity contribution in [3.63, 3.8) is 0 Å². The van der Waals surface area contributed by atoms with Gasteiger partial charge in [-0.1, -0.05) is 0 Å². The number of alkyl halides is 3. The summed E-state index contributed by atoms with van der Waals surface area (Å²) in [6.45, 7) is -1.38. The van der Waals surface area contributed by atoms with Crippen LogP contribution in [0.15, 0.2) is 6.33 Å². The summed E-state index contributed by atoms with van der Waals surface area (Å²) in [7, 11) is 0. The number of carbonyl (C=O) groups is 1. The van der Waals surface area contributed by atoms with Crippen LogP contribution in [0.4, 0.5) is 18.0 Å². The number of ether oxygens (including phenoxy) is 1. The van der Waals surface area contributed by atoms with E-state index in [1.165, 1.54) is 6.33 Å². The lowest BCUT2D eigenvalue weighted by molar-refractivity contribution is -0.160. The van der Waals surface area contributed by atoms with Crippen LogP contribution in [-0.4, -0.2) is 40.6 Å². The number of aromatic amines is 1. The molecule has 0 unspecified atom stereocenters. The summed E-state index contributed by atoms with van der Waals surface area (Å²) >= 11 is 0. The number of halogens is 3. The van der Waals surface area contributed by atoms with Crippen LogP contribution < -0.4 is 5.32 Å². The fourth-order valence-electron chi connectivity index (χ4n) is 0.996. The Kier molecular flexibility index (Phi) is 4.73. The van der Waals surface area contributed by atoms with Crippen LogP contribution in [0.5, 0.6) is 0 Å². The van der Waals surface area contributed by atoms with E-state index in [2.05, 4.69) is 25.2 Å². The Morgan fingerprint density at radius 3 is 2.88 bits per heavy atom. The number of hydrogen-bond donors (Lipinski definition) is 2. The smallest absolute Gasteiger partial charge is 0.422 e. The van der Waals surface area contributed by atoms with Crippen molar-refractivity contribution in [1.82, 2.24) is 20.5 Å². The maximum absolute atomic E-state index is 11.7. The molecule has 1 heterocycles. The largest absolute Gasteiger partial charge is 0.440 e. The van der Waals surface area contributed by atoms with Gasteiger partial charge in [-0.15, -0.1) is 0 Å². The molecule has 1 aromatic rings. The molecular weight excluding hydrogens is 241 g/mol. The van der Waals surface area contributed by atoms with E-state index in [0.717, 1.165) is 0 Å². The number of aryl methyl sites for hydroxylation is 1. The maximum atomic E-state index is 11.7. The zero-order valence-electron chi connectivity index (χ0n) is 8.75. The summed E-state index contributed by atoms with van der Waals surface area (Å²) in [5, 5.41) is 8.43. The van der Waals surface area contributed by atoms with Crippen LogP contribution in [0.2, 0.25) is 0 Å². The van der Waals surface area contributed by atoms with Gasteiger partial charge in [-0.25, -0.2) is 9.78 Å². The van der Waals surface area contributed by atoms with Gasteiger partial charge in [0.1, 0.15) is 12.2 Å². The molecule has 0 saturated carbocycles. The lowest BCUT2D eigenvalue weighted by Gasteiger charge is -2.08. The summed E-state index contributed by atoms with van der Waals surface area (Å²) in [6, 6.07) is 0. The molecule has 1 aromatic heterocycles. The number of nitrogens with zero attached hydrogens (tertiary/aromatic N) is 2. The third-order valence-corrected chi connectivity index (χ3v) is 1.69. The standard InChI is InChI=1S/C8H11F3N4O2/c9-8(10,11)4-17-7(16)12-3-1-2-6-13-5-14-15-6/h5H,1-4H2,(H,12,16)(H,13,14,15). The van der Waals surface area contributed by atoms with Crippen molar-refractivity contribution in [1.29, 1.82) is 0 Å². The molecule has 0 fully saturated rings. The first kappa shape index (κ1) is 13.3. The summed E-state index contributed by atoms with van der Waals surface area (Å²) < 4.78 is 38.9. The van der Waals surface area contributed by atoms with Gasteiger partial charge in [-0.3, -0.25) is 5.10 Å². The fourth-order valence-corrected chi connectivity index (χ4v) is 0.996. The molecule has 1 amide bonds. The first-order chi connectivity index (χ1) is 7.97. The van der Waals surface area contributed by atoms with Crippen molar-refractivity contribution in [3.05, 3.63) is 12.2 Å². The SMILES string of the molecule is O=C(NCCCc1ncn[nH]1)OCC(F)(F)F. The lowest BCUT2D eigenvalue weighted by atomic mass is 10.3. The van der Waals surface area contributed by atoms with E-state index < -0.39 is 18.9 Å². The Morgan fingerprint density at radius 1 is 1.53 bits per heavy atom. The third kappa shape index (κ3) is 6.38. The van der Waals surface area contributed by atoms with Crippen molar-refractivity contribution in [3.8, 4) is 0 Å². The van der Waals surface area contributed by atoms with E-state index >= 15 is 0 Å². The monoisotopic (exact) mass is 252 g/mol. The number of nitrogens with one attached hydrogen (secondary N) is 2. The maximum Gasteiger partial charge on any atom is 0.422 e. The van der Waals surface area contributed by atoms with Gasteiger partial charge in [0.25, 0.3) is 0 Å². The molecular formula is C8H11F3N4O2. The number of carbonyl (C=O) groups excluding carboxylic acids is 1. The molecule has 0 atom stereocenters. The van der Waals surface area contributed by atoms with E-state index in [1.54, 1.807) is 0 Å². The van der Waals surface area contributed by atoms with Crippen LogP contribution in [-0.2, 0) is 11.2 Å². The molecule has 9 heteroatoms. The van der Waals surface area contributed by atoms with Crippen molar-refractivity contribution >= 4 is 6.09 Å². The summed E-state index contributed by atoms with van der Waals surface area (Å²) in [6.07, 6.45) is -3.17. The first-order valence-corrected chi connectivity index (χ1v) is 4.79. The van der Waals surface area contributed by atoms with Crippen LogP contribution in [0.1, 0.15) is 12.2 Å². The fraction of sp³-hybridized carbons (Fsp3) is 0.625. The topological polar surface area (TPSA) is 79.9 Å². The molecule has 6 nitrogen and oxygen atoms in total. The lowest BCUT2D eigenvalue weighted by Crippen LogP contribution is -2.29. The molecule has 0 aromatic carbocycles. The van der Waals surface area contributed by atoms with E-state index in [1.807, 2.05) is 0 Å². The number of rotatable bonds is 5. The second kappa shape index (κ2) is 6.06. The highest BCUT2D eigenvalue weighted by molar-refractivity contribution is 5.67. The van der Waals surface area contributed by atoms with E-state index in [-0.39, 0.29) is 6.54 Å². The summed E-state index contributed by atoms with van der Waals surface area (Å²) in [4.78, 5) is 14.6. The highest BCUT2D eigenvalue weighted by Crippen LogP contribution is 2.14. The zero-order valence-corrected chi connectivity index (χ0v) is 8.75. The molecule has 0 bridgehead atoms. The highest BCUT2D eigenvalue weighted by atomic mass is 19.4. The third-order valence-electron chi connectivity index (χ3n) is 1.69. The normalized spacial score (nSPS) is 11.2. The predicted octanol–water partition coefficient (Wildman–Crippen LogP) is 1.03. The van der Waals surface area contributed by atoms with Gasteiger partial charge < -0.3 is 10.1 Å². The Balaban J connectivity index is 2.04. The Hall–Kier alpha value is -1.80. The van der Waals surface area contributed by atoms with Gasteiger partial charge in [0, 0.05) is 13.0 Å². The van der Waals surface area contributed by atoms with Gasteiger partial charge in [-0.2, -0.15) is 18.3 Å². The van der Waals surface area contributed by atoms with Gasteiger partial charge in [-0.05, 0) is 6.42 Å². The van der Waals surface area contributed by atoms with Crippen molar-refractivity contribution in [2.45, 2.75) is 19.0 Å². The van der Waals surface area contributed by atoms with E-state index in [9.17, 15) is 18.0 Å². The van der Waals surface area contributed by atoms with Crippen LogP contribution >= 0.6 is 0 Å².